The van der Waals surface area contributed by atoms with Crippen LogP contribution < -0.4 is 14.2 Å². The lowest BCUT2D eigenvalue weighted by Crippen LogP contribution is -2.07. The van der Waals surface area contributed by atoms with Crippen LogP contribution in [-0.4, -0.2) is 26.3 Å². The van der Waals surface area contributed by atoms with E-state index in [2.05, 4.69) is 66.5 Å². The van der Waals surface area contributed by atoms with Crippen molar-refractivity contribution in [2.75, 3.05) is 21.3 Å². The van der Waals surface area contributed by atoms with Gasteiger partial charge in [0.2, 0.25) is 5.75 Å². The number of methoxy groups -OCH3 is 3. The van der Waals surface area contributed by atoms with Crippen LogP contribution in [0.15, 0.2) is 66.9 Å². The average molecular weight is 406 g/mol. The molecular formula is C26H31NO3. The largest absolute Gasteiger partial charge is 0.493 e. The van der Waals surface area contributed by atoms with Crippen LogP contribution in [0.25, 0.3) is 0 Å². The van der Waals surface area contributed by atoms with E-state index in [4.69, 9.17) is 14.2 Å². The highest BCUT2D eigenvalue weighted by Crippen LogP contribution is 2.42. The maximum Gasteiger partial charge on any atom is 0.203 e. The second-order valence-corrected chi connectivity index (χ2v) is 7.36. The van der Waals surface area contributed by atoms with Crippen LogP contribution in [-0.2, 0) is 0 Å². The number of benzene rings is 2. The fraction of sp³-hybridized carbons (Fsp3) is 0.346. The smallest absolute Gasteiger partial charge is 0.203 e. The summed E-state index contributed by atoms with van der Waals surface area (Å²) in [6.07, 6.45) is 4.95. The number of pyridine rings is 1. The molecule has 0 radical (unpaired) electrons. The summed E-state index contributed by atoms with van der Waals surface area (Å²) in [4.78, 5) is 4.65. The third kappa shape index (κ3) is 4.93. The van der Waals surface area contributed by atoms with Crippen LogP contribution in [0.5, 0.6) is 17.2 Å². The van der Waals surface area contributed by atoms with Crippen molar-refractivity contribution in [2.24, 2.45) is 0 Å². The zero-order valence-electron chi connectivity index (χ0n) is 18.3. The monoisotopic (exact) mass is 405 g/mol. The van der Waals surface area contributed by atoms with Gasteiger partial charge in [0, 0.05) is 17.8 Å². The van der Waals surface area contributed by atoms with Crippen LogP contribution in [0.3, 0.4) is 0 Å². The van der Waals surface area contributed by atoms with Crippen LogP contribution in [0, 0.1) is 0 Å². The maximum absolute atomic E-state index is 5.56. The molecule has 158 valence electrons. The summed E-state index contributed by atoms with van der Waals surface area (Å²) in [6, 6.07) is 21.0. The Kier molecular flexibility index (Phi) is 7.72. The molecule has 2 unspecified atom stereocenters. The highest BCUT2D eigenvalue weighted by molar-refractivity contribution is 5.54. The van der Waals surface area contributed by atoms with E-state index < -0.39 is 0 Å². The van der Waals surface area contributed by atoms with Gasteiger partial charge < -0.3 is 14.2 Å². The first-order chi connectivity index (χ1) is 14.7. The molecule has 3 rings (SSSR count). The summed E-state index contributed by atoms with van der Waals surface area (Å²) in [5.41, 5.74) is 3.62. The molecule has 0 spiro atoms. The third-order valence-electron chi connectivity index (χ3n) is 5.70. The predicted octanol–water partition coefficient (Wildman–Crippen LogP) is 6.21. The standard InChI is InChI=1S/C26H31NO3/c1-5-19(21-17-24(28-2)26(30-4)25(18-21)29-3)14-15-22(20-11-7-6-8-12-20)23-13-9-10-16-27-23/h6-13,16-19,22H,5,14-15H2,1-4H3. The molecule has 0 aliphatic rings. The van der Waals surface area contributed by atoms with Gasteiger partial charge in [0.05, 0.1) is 21.3 Å². The highest BCUT2D eigenvalue weighted by Gasteiger charge is 2.21. The minimum absolute atomic E-state index is 0.267. The Morgan fingerprint density at radius 3 is 1.97 bits per heavy atom. The summed E-state index contributed by atoms with van der Waals surface area (Å²) >= 11 is 0. The lowest BCUT2D eigenvalue weighted by molar-refractivity contribution is 0.323. The van der Waals surface area contributed by atoms with E-state index >= 15 is 0 Å². The average Bonchev–Trinajstić information content (AvgIpc) is 2.82. The van der Waals surface area contributed by atoms with Gasteiger partial charge >= 0.3 is 0 Å². The predicted molar refractivity (Wildman–Crippen MR) is 121 cm³/mol. The maximum atomic E-state index is 5.56. The van der Waals surface area contributed by atoms with Gasteiger partial charge in [-0.05, 0) is 60.6 Å². The van der Waals surface area contributed by atoms with Crippen molar-refractivity contribution in [3.05, 3.63) is 83.7 Å². The summed E-state index contributed by atoms with van der Waals surface area (Å²) in [5, 5.41) is 0. The van der Waals surface area contributed by atoms with Crippen molar-refractivity contribution in [1.82, 2.24) is 4.98 Å². The Bertz CT molecular complexity index is 848. The number of aromatic nitrogens is 1. The number of ether oxygens (including phenoxy) is 3. The minimum atomic E-state index is 0.267. The molecule has 0 fully saturated rings. The second-order valence-electron chi connectivity index (χ2n) is 7.36. The molecule has 1 heterocycles. The topological polar surface area (TPSA) is 40.6 Å². The van der Waals surface area contributed by atoms with Crippen LogP contribution in [0.4, 0.5) is 0 Å². The first-order valence-corrected chi connectivity index (χ1v) is 10.5. The summed E-state index contributed by atoms with van der Waals surface area (Å²) < 4.78 is 16.6. The van der Waals surface area contributed by atoms with Gasteiger partial charge in [-0.3, -0.25) is 4.98 Å². The molecule has 0 saturated heterocycles. The Morgan fingerprint density at radius 2 is 1.43 bits per heavy atom. The van der Waals surface area contributed by atoms with Gasteiger partial charge in [0.1, 0.15) is 0 Å². The quantitative estimate of drug-likeness (QED) is 0.402. The second kappa shape index (κ2) is 10.7. The minimum Gasteiger partial charge on any atom is -0.493 e. The van der Waals surface area contributed by atoms with Crippen LogP contribution >= 0.6 is 0 Å². The van der Waals surface area contributed by atoms with E-state index in [-0.39, 0.29) is 5.92 Å². The van der Waals surface area contributed by atoms with Gasteiger partial charge in [-0.25, -0.2) is 0 Å². The Morgan fingerprint density at radius 1 is 0.767 bits per heavy atom. The molecule has 1 aromatic heterocycles. The summed E-state index contributed by atoms with van der Waals surface area (Å²) in [7, 11) is 4.96. The van der Waals surface area contributed by atoms with Crippen molar-refractivity contribution >= 4 is 0 Å². The number of nitrogens with zero attached hydrogens (tertiary/aromatic N) is 1. The van der Waals surface area contributed by atoms with E-state index in [1.165, 1.54) is 11.1 Å². The van der Waals surface area contributed by atoms with Gasteiger partial charge in [-0.2, -0.15) is 0 Å². The fourth-order valence-corrected chi connectivity index (χ4v) is 4.06. The first-order valence-electron chi connectivity index (χ1n) is 10.5. The molecule has 2 atom stereocenters. The summed E-state index contributed by atoms with van der Waals surface area (Å²) in [6.45, 7) is 2.23. The molecule has 0 saturated carbocycles. The highest BCUT2D eigenvalue weighted by atomic mass is 16.5. The van der Waals surface area contributed by atoms with E-state index in [0.717, 1.165) is 25.0 Å². The normalized spacial score (nSPS) is 12.8. The molecule has 0 amide bonds. The molecule has 2 aromatic carbocycles. The molecular weight excluding hydrogens is 374 g/mol. The zero-order valence-corrected chi connectivity index (χ0v) is 18.3. The van der Waals surface area contributed by atoms with Gasteiger partial charge in [-0.15, -0.1) is 0 Å². The van der Waals surface area contributed by atoms with Crippen molar-refractivity contribution < 1.29 is 14.2 Å². The van der Waals surface area contributed by atoms with E-state index in [9.17, 15) is 0 Å². The number of hydrogen-bond acceptors (Lipinski definition) is 4. The van der Waals surface area contributed by atoms with E-state index in [0.29, 0.717) is 23.2 Å². The zero-order chi connectivity index (χ0) is 21.3. The molecule has 3 aromatic rings. The third-order valence-corrected chi connectivity index (χ3v) is 5.70. The number of rotatable bonds is 10. The van der Waals surface area contributed by atoms with Gasteiger partial charge in [-0.1, -0.05) is 43.3 Å². The van der Waals surface area contributed by atoms with Crippen molar-refractivity contribution in [3.63, 3.8) is 0 Å². The Hall–Kier alpha value is -3.01. The van der Waals surface area contributed by atoms with Crippen LogP contribution in [0.1, 0.15) is 54.8 Å². The van der Waals surface area contributed by atoms with Crippen molar-refractivity contribution in [1.29, 1.82) is 0 Å². The van der Waals surface area contributed by atoms with Gasteiger partial charge in [0.15, 0.2) is 11.5 Å². The molecule has 30 heavy (non-hydrogen) atoms. The van der Waals surface area contributed by atoms with Crippen molar-refractivity contribution in [3.8, 4) is 17.2 Å². The first kappa shape index (κ1) is 21.7. The number of hydrogen-bond donors (Lipinski definition) is 0. The Labute approximate surface area is 179 Å². The van der Waals surface area contributed by atoms with Gasteiger partial charge in [0.25, 0.3) is 0 Å². The molecule has 4 heteroatoms. The molecule has 0 aliphatic carbocycles. The molecule has 4 nitrogen and oxygen atoms in total. The molecule has 0 aliphatic heterocycles. The molecule has 0 bridgehead atoms. The Balaban J connectivity index is 1.87. The fourth-order valence-electron chi connectivity index (χ4n) is 4.06. The SMILES string of the molecule is CCC(CCC(c1ccccc1)c1ccccn1)c1cc(OC)c(OC)c(OC)c1. The van der Waals surface area contributed by atoms with Crippen LogP contribution in [0.2, 0.25) is 0 Å². The lowest BCUT2D eigenvalue weighted by atomic mass is 9.84. The lowest BCUT2D eigenvalue weighted by Gasteiger charge is -2.23. The van der Waals surface area contributed by atoms with E-state index in [1.54, 1.807) is 21.3 Å². The van der Waals surface area contributed by atoms with Crippen molar-refractivity contribution in [2.45, 2.75) is 38.0 Å². The summed E-state index contributed by atoms with van der Waals surface area (Å²) in [5.74, 6) is 2.69. The molecule has 0 N–H and O–H groups in total. The van der Waals surface area contributed by atoms with E-state index in [1.807, 2.05) is 12.3 Å².